The van der Waals surface area contributed by atoms with E-state index in [1.165, 1.54) is 5.56 Å². The number of imidazole rings is 2. The van der Waals surface area contributed by atoms with E-state index in [0.717, 1.165) is 65.3 Å². The lowest BCUT2D eigenvalue weighted by Gasteiger charge is -2.06. The number of para-hydroxylation sites is 2. The molecule has 150 valence electrons. The number of ether oxygens (including phenoxy) is 1. The number of H-pyrrole nitrogens is 2. The van der Waals surface area contributed by atoms with E-state index >= 15 is 0 Å². The van der Waals surface area contributed by atoms with E-state index in [1.807, 2.05) is 42.5 Å². The monoisotopic (exact) mass is 396 g/mol. The maximum atomic E-state index is 5.95. The number of aromatic amines is 2. The van der Waals surface area contributed by atoms with Crippen LogP contribution in [-0.4, -0.2) is 26.5 Å². The predicted octanol–water partition coefficient (Wildman–Crippen LogP) is 5.43. The first-order valence-corrected chi connectivity index (χ1v) is 10.4. The second kappa shape index (κ2) is 8.41. The van der Waals surface area contributed by atoms with Gasteiger partial charge < -0.3 is 14.7 Å². The maximum absolute atomic E-state index is 5.95. The molecule has 0 bridgehead atoms. The number of nitrogens with zero attached hydrogens (tertiary/aromatic N) is 2. The predicted molar refractivity (Wildman–Crippen MR) is 120 cm³/mol. The number of benzene rings is 3. The Kier molecular flexibility index (Phi) is 5.17. The third-order valence-electron chi connectivity index (χ3n) is 5.25. The molecule has 2 aromatic heterocycles. The van der Waals surface area contributed by atoms with Crippen LogP contribution in [0.25, 0.3) is 22.1 Å². The minimum Gasteiger partial charge on any atom is -0.494 e. The summed E-state index contributed by atoms with van der Waals surface area (Å²) in [6.07, 6.45) is 3.89. The van der Waals surface area contributed by atoms with E-state index in [-0.39, 0.29) is 0 Å². The summed E-state index contributed by atoms with van der Waals surface area (Å²) in [5.41, 5.74) is 5.34. The molecule has 5 aromatic rings. The Labute approximate surface area is 175 Å². The van der Waals surface area contributed by atoms with Gasteiger partial charge in [0.2, 0.25) is 0 Å². The highest BCUT2D eigenvalue weighted by atomic mass is 16.5. The van der Waals surface area contributed by atoms with Crippen molar-refractivity contribution in [1.82, 2.24) is 19.9 Å². The summed E-state index contributed by atoms with van der Waals surface area (Å²) in [4.78, 5) is 16.1. The second-order valence-corrected chi connectivity index (χ2v) is 7.53. The van der Waals surface area contributed by atoms with E-state index in [2.05, 4.69) is 45.3 Å². The van der Waals surface area contributed by atoms with Gasteiger partial charge in [-0.2, -0.15) is 0 Å². The normalized spacial score (nSPS) is 11.3. The molecule has 0 aliphatic heterocycles. The zero-order valence-electron chi connectivity index (χ0n) is 16.8. The summed E-state index contributed by atoms with van der Waals surface area (Å²) in [5.74, 6) is 2.68. The van der Waals surface area contributed by atoms with Crippen LogP contribution in [0.15, 0.2) is 72.8 Å². The summed E-state index contributed by atoms with van der Waals surface area (Å²) >= 11 is 0. The van der Waals surface area contributed by atoms with Gasteiger partial charge in [0.05, 0.1) is 35.1 Å². The lowest BCUT2D eigenvalue weighted by atomic mass is 10.1. The molecule has 5 heteroatoms. The first-order valence-electron chi connectivity index (χ1n) is 10.4. The molecular formula is C25H24N4O. The van der Waals surface area contributed by atoms with Crippen molar-refractivity contribution >= 4 is 22.1 Å². The van der Waals surface area contributed by atoms with E-state index in [4.69, 9.17) is 9.72 Å². The van der Waals surface area contributed by atoms with Gasteiger partial charge in [-0.05, 0) is 49.1 Å². The first-order chi connectivity index (χ1) is 14.8. The average molecular weight is 396 g/mol. The molecule has 30 heavy (non-hydrogen) atoms. The Morgan fingerprint density at radius 1 is 0.700 bits per heavy atom. The standard InChI is InChI=1S/C25H24N4O/c1-2-8-18(9-3-1)10-6-7-15-30-19-13-14-22-23(16-19)29-25(28-22)17-24-26-20-11-4-5-12-21(20)27-24/h1-5,8-9,11-14,16H,6-7,10,15,17H2,(H,26,27)(H,28,29). The largest absolute Gasteiger partial charge is 0.494 e. The quantitative estimate of drug-likeness (QED) is 0.344. The third kappa shape index (κ3) is 4.20. The number of rotatable bonds is 8. The Hall–Kier alpha value is -3.60. The molecule has 0 spiro atoms. The topological polar surface area (TPSA) is 66.6 Å². The molecular weight excluding hydrogens is 372 g/mol. The number of unbranched alkanes of at least 4 members (excludes halogenated alkanes) is 1. The molecule has 0 amide bonds. The van der Waals surface area contributed by atoms with Crippen molar-refractivity contribution in [3.63, 3.8) is 0 Å². The average Bonchev–Trinajstić information content (AvgIpc) is 3.36. The third-order valence-corrected chi connectivity index (χ3v) is 5.25. The highest BCUT2D eigenvalue weighted by Crippen LogP contribution is 2.21. The van der Waals surface area contributed by atoms with Crippen molar-refractivity contribution in [2.75, 3.05) is 6.61 Å². The number of aromatic nitrogens is 4. The van der Waals surface area contributed by atoms with Gasteiger partial charge in [0.15, 0.2) is 0 Å². The summed E-state index contributed by atoms with van der Waals surface area (Å²) in [5, 5.41) is 0. The Balaban J connectivity index is 1.18. The Bertz CT molecular complexity index is 1220. The lowest BCUT2D eigenvalue weighted by molar-refractivity contribution is 0.307. The van der Waals surface area contributed by atoms with Crippen LogP contribution in [0.1, 0.15) is 30.1 Å². The summed E-state index contributed by atoms with van der Waals surface area (Å²) in [7, 11) is 0. The smallest absolute Gasteiger partial charge is 0.121 e. The SMILES string of the molecule is c1ccc(CCCCOc2ccc3nc(Cc4nc5ccccc5[nH]4)[nH]c3c2)cc1. The summed E-state index contributed by atoms with van der Waals surface area (Å²) in [6.45, 7) is 0.721. The number of hydrogen-bond donors (Lipinski definition) is 2. The van der Waals surface area contributed by atoms with E-state index < -0.39 is 0 Å². The maximum Gasteiger partial charge on any atom is 0.121 e. The summed E-state index contributed by atoms with van der Waals surface area (Å²) < 4.78 is 5.95. The van der Waals surface area contributed by atoms with Gasteiger partial charge in [0.1, 0.15) is 17.4 Å². The van der Waals surface area contributed by atoms with Crippen LogP contribution in [0.4, 0.5) is 0 Å². The van der Waals surface area contributed by atoms with Crippen LogP contribution >= 0.6 is 0 Å². The van der Waals surface area contributed by atoms with Crippen LogP contribution in [-0.2, 0) is 12.8 Å². The minimum absolute atomic E-state index is 0.638. The zero-order chi connectivity index (χ0) is 20.2. The van der Waals surface area contributed by atoms with Crippen LogP contribution in [0, 0.1) is 0 Å². The molecule has 0 fully saturated rings. The van der Waals surface area contributed by atoms with Crippen LogP contribution in [0.3, 0.4) is 0 Å². The van der Waals surface area contributed by atoms with Gasteiger partial charge in [-0.25, -0.2) is 9.97 Å². The number of hydrogen-bond acceptors (Lipinski definition) is 3. The number of fused-ring (bicyclic) bond motifs is 2. The molecule has 0 saturated heterocycles. The molecule has 0 aliphatic carbocycles. The van der Waals surface area contributed by atoms with Crippen molar-refractivity contribution in [1.29, 1.82) is 0 Å². The number of aryl methyl sites for hydroxylation is 1. The van der Waals surface area contributed by atoms with Crippen LogP contribution in [0.2, 0.25) is 0 Å². The van der Waals surface area contributed by atoms with Gasteiger partial charge in [-0.15, -0.1) is 0 Å². The molecule has 5 rings (SSSR count). The van der Waals surface area contributed by atoms with E-state index in [1.54, 1.807) is 0 Å². The Morgan fingerprint density at radius 3 is 2.27 bits per heavy atom. The fourth-order valence-corrected chi connectivity index (χ4v) is 3.73. The summed E-state index contributed by atoms with van der Waals surface area (Å²) in [6, 6.07) is 24.7. The number of nitrogens with one attached hydrogen (secondary N) is 2. The fraction of sp³-hybridized carbons (Fsp3) is 0.200. The van der Waals surface area contributed by atoms with Crippen molar-refractivity contribution in [3.8, 4) is 5.75 Å². The molecule has 0 aliphatic rings. The molecule has 2 N–H and O–H groups in total. The molecule has 0 saturated carbocycles. The van der Waals surface area contributed by atoms with Crippen molar-refractivity contribution in [2.24, 2.45) is 0 Å². The molecule has 0 unspecified atom stereocenters. The van der Waals surface area contributed by atoms with Gasteiger partial charge in [0, 0.05) is 6.07 Å². The minimum atomic E-state index is 0.638. The highest BCUT2D eigenvalue weighted by Gasteiger charge is 2.08. The zero-order valence-corrected chi connectivity index (χ0v) is 16.8. The van der Waals surface area contributed by atoms with Crippen LogP contribution in [0.5, 0.6) is 5.75 Å². The van der Waals surface area contributed by atoms with Crippen molar-refractivity contribution in [2.45, 2.75) is 25.7 Å². The molecule has 0 atom stereocenters. The molecule has 3 aromatic carbocycles. The Morgan fingerprint density at radius 2 is 1.43 bits per heavy atom. The lowest BCUT2D eigenvalue weighted by Crippen LogP contribution is -1.98. The van der Waals surface area contributed by atoms with Crippen molar-refractivity contribution < 1.29 is 4.74 Å². The molecule has 5 nitrogen and oxygen atoms in total. The van der Waals surface area contributed by atoms with E-state index in [0.29, 0.717) is 6.42 Å². The second-order valence-electron chi connectivity index (χ2n) is 7.53. The molecule has 0 radical (unpaired) electrons. The van der Waals surface area contributed by atoms with Gasteiger partial charge >= 0.3 is 0 Å². The van der Waals surface area contributed by atoms with Crippen molar-refractivity contribution in [3.05, 3.63) is 90.0 Å². The van der Waals surface area contributed by atoms with Crippen LogP contribution < -0.4 is 4.74 Å². The highest BCUT2D eigenvalue weighted by molar-refractivity contribution is 5.77. The van der Waals surface area contributed by atoms with Gasteiger partial charge in [0.25, 0.3) is 0 Å². The fourth-order valence-electron chi connectivity index (χ4n) is 3.73. The van der Waals surface area contributed by atoms with E-state index in [9.17, 15) is 0 Å². The molecule has 2 heterocycles. The van der Waals surface area contributed by atoms with Gasteiger partial charge in [-0.1, -0.05) is 42.5 Å². The van der Waals surface area contributed by atoms with Gasteiger partial charge in [-0.3, -0.25) is 0 Å². The first kappa shape index (κ1) is 18.4.